The lowest BCUT2D eigenvalue weighted by molar-refractivity contribution is 0.355. The summed E-state index contributed by atoms with van der Waals surface area (Å²) in [5, 5.41) is 10.6. The van der Waals surface area contributed by atoms with Crippen LogP contribution in [-0.2, 0) is 0 Å². The third-order valence-corrected chi connectivity index (χ3v) is 3.71. The summed E-state index contributed by atoms with van der Waals surface area (Å²) in [4.78, 5) is 15.5. The molecule has 0 fully saturated rings. The standard InChI is InChI=1S/C17H16N2O4/c1-22-13-7-10-12(8-14(13)23-2)19-15(17(21)16(10)20)9-5-3-4-6-11(9)18/h3-8,21H,18H2,1-2H3,(H,19,20). The smallest absolute Gasteiger partial charge is 0.231 e. The number of nitrogens with two attached hydrogens (primary N) is 1. The van der Waals surface area contributed by atoms with Crippen molar-refractivity contribution < 1.29 is 14.6 Å². The van der Waals surface area contributed by atoms with Crippen LogP contribution in [0.4, 0.5) is 5.69 Å². The van der Waals surface area contributed by atoms with E-state index in [4.69, 9.17) is 15.2 Å². The molecular weight excluding hydrogens is 296 g/mol. The molecular formula is C17H16N2O4. The number of aromatic nitrogens is 1. The number of hydrogen-bond donors (Lipinski definition) is 3. The molecule has 23 heavy (non-hydrogen) atoms. The highest BCUT2D eigenvalue weighted by atomic mass is 16.5. The Morgan fingerprint density at radius 2 is 1.74 bits per heavy atom. The number of nitrogens with one attached hydrogen (secondary N) is 1. The Kier molecular flexibility index (Phi) is 3.57. The topological polar surface area (TPSA) is 97.6 Å². The van der Waals surface area contributed by atoms with Gasteiger partial charge >= 0.3 is 0 Å². The molecule has 6 heteroatoms. The number of anilines is 1. The lowest BCUT2D eigenvalue weighted by Crippen LogP contribution is -2.06. The number of ether oxygens (including phenoxy) is 2. The van der Waals surface area contributed by atoms with Crippen LogP contribution in [0.25, 0.3) is 22.2 Å². The molecule has 0 aliphatic rings. The second-order valence-electron chi connectivity index (χ2n) is 5.02. The molecule has 1 aromatic heterocycles. The molecule has 0 unspecified atom stereocenters. The number of nitrogen functional groups attached to an aromatic ring is 1. The van der Waals surface area contributed by atoms with Crippen LogP contribution in [0.1, 0.15) is 0 Å². The molecule has 3 aromatic rings. The molecule has 1 heterocycles. The maximum Gasteiger partial charge on any atom is 0.231 e. The zero-order valence-electron chi connectivity index (χ0n) is 12.7. The van der Waals surface area contributed by atoms with E-state index >= 15 is 0 Å². The third kappa shape index (κ3) is 2.34. The highest BCUT2D eigenvalue weighted by Crippen LogP contribution is 2.34. The van der Waals surface area contributed by atoms with Gasteiger partial charge < -0.3 is 25.3 Å². The van der Waals surface area contributed by atoms with E-state index in [9.17, 15) is 9.90 Å². The van der Waals surface area contributed by atoms with E-state index in [2.05, 4.69) is 4.98 Å². The van der Waals surface area contributed by atoms with Crippen LogP contribution in [0.3, 0.4) is 0 Å². The van der Waals surface area contributed by atoms with Crippen LogP contribution < -0.4 is 20.6 Å². The van der Waals surface area contributed by atoms with Gasteiger partial charge in [0.2, 0.25) is 5.43 Å². The summed E-state index contributed by atoms with van der Waals surface area (Å²) >= 11 is 0. The van der Waals surface area contributed by atoms with Crippen molar-refractivity contribution in [3.8, 4) is 28.5 Å². The van der Waals surface area contributed by atoms with Crippen molar-refractivity contribution >= 4 is 16.6 Å². The monoisotopic (exact) mass is 312 g/mol. The van der Waals surface area contributed by atoms with Gasteiger partial charge in [-0.05, 0) is 12.1 Å². The largest absolute Gasteiger partial charge is 0.503 e. The van der Waals surface area contributed by atoms with Gasteiger partial charge in [-0.3, -0.25) is 4.79 Å². The number of benzene rings is 2. The Hall–Kier alpha value is -3.15. The lowest BCUT2D eigenvalue weighted by Gasteiger charge is -2.12. The van der Waals surface area contributed by atoms with Gasteiger partial charge in [0.25, 0.3) is 0 Å². The molecule has 2 aromatic carbocycles. The minimum absolute atomic E-state index is 0.271. The third-order valence-electron chi connectivity index (χ3n) is 3.71. The molecule has 0 atom stereocenters. The maximum atomic E-state index is 12.5. The molecule has 4 N–H and O–H groups in total. The predicted octanol–water partition coefficient (Wildman–Crippen LogP) is 2.50. The summed E-state index contributed by atoms with van der Waals surface area (Å²) in [5.74, 6) is 0.507. The van der Waals surface area contributed by atoms with Crippen molar-refractivity contribution in [2.45, 2.75) is 0 Å². The summed E-state index contributed by atoms with van der Waals surface area (Å²) in [7, 11) is 3.00. The van der Waals surface area contributed by atoms with Crippen molar-refractivity contribution in [2.24, 2.45) is 0 Å². The molecule has 0 bridgehead atoms. The van der Waals surface area contributed by atoms with E-state index in [-0.39, 0.29) is 11.4 Å². The van der Waals surface area contributed by atoms with Gasteiger partial charge in [-0.2, -0.15) is 0 Å². The van der Waals surface area contributed by atoms with Gasteiger partial charge in [-0.25, -0.2) is 0 Å². The first-order valence-electron chi connectivity index (χ1n) is 6.92. The number of para-hydroxylation sites is 1. The summed E-state index contributed by atoms with van der Waals surface area (Å²) in [6.07, 6.45) is 0. The highest BCUT2D eigenvalue weighted by molar-refractivity contribution is 5.89. The quantitative estimate of drug-likeness (QED) is 0.646. The number of fused-ring (bicyclic) bond motifs is 1. The number of pyridine rings is 1. The van der Waals surface area contributed by atoms with Crippen LogP contribution in [0.15, 0.2) is 41.2 Å². The van der Waals surface area contributed by atoms with Crippen LogP contribution in [0.5, 0.6) is 17.2 Å². The number of methoxy groups -OCH3 is 2. The number of aromatic hydroxyl groups is 1. The van der Waals surface area contributed by atoms with E-state index in [0.717, 1.165) is 0 Å². The lowest BCUT2D eigenvalue weighted by atomic mass is 10.1. The van der Waals surface area contributed by atoms with E-state index < -0.39 is 5.43 Å². The van der Waals surface area contributed by atoms with E-state index in [0.29, 0.717) is 33.7 Å². The minimum atomic E-state index is -0.502. The minimum Gasteiger partial charge on any atom is -0.503 e. The van der Waals surface area contributed by atoms with Crippen molar-refractivity contribution in [1.29, 1.82) is 0 Å². The fourth-order valence-corrected chi connectivity index (χ4v) is 2.52. The second-order valence-corrected chi connectivity index (χ2v) is 5.02. The number of rotatable bonds is 3. The van der Waals surface area contributed by atoms with E-state index in [1.807, 2.05) is 0 Å². The van der Waals surface area contributed by atoms with Gasteiger partial charge in [-0.15, -0.1) is 0 Å². The number of H-pyrrole nitrogens is 1. The van der Waals surface area contributed by atoms with Gasteiger partial charge in [0.15, 0.2) is 17.2 Å². The van der Waals surface area contributed by atoms with E-state index in [1.165, 1.54) is 20.3 Å². The summed E-state index contributed by atoms with van der Waals surface area (Å²) < 4.78 is 10.4. The molecule has 118 valence electrons. The first-order valence-corrected chi connectivity index (χ1v) is 6.92. The fourth-order valence-electron chi connectivity index (χ4n) is 2.52. The Bertz CT molecular complexity index is 947. The maximum absolute atomic E-state index is 12.5. The van der Waals surface area contributed by atoms with E-state index in [1.54, 1.807) is 30.3 Å². The normalized spacial score (nSPS) is 10.7. The predicted molar refractivity (Wildman–Crippen MR) is 89.2 cm³/mol. The van der Waals surface area contributed by atoms with Gasteiger partial charge in [-0.1, -0.05) is 18.2 Å². The van der Waals surface area contributed by atoms with Crippen LogP contribution in [0, 0.1) is 0 Å². The fraction of sp³-hybridized carbons (Fsp3) is 0.118. The summed E-state index contributed by atoms with van der Waals surface area (Å²) in [6, 6.07) is 10.2. The van der Waals surface area contributed by atoms with Crippen molar-refractivity contribution in [3.63, 3.8) is 0 Å². The van der Waals surface area contributed by atoms with Crippen LogP contribution in [0.2, 0.25) is 0 Å². The number of hydrogen-bond acceptors (Lipinski definition) is 5. The van der Waals surface area contributed by atoms with Gasteiger partial charge in [0, 0.05) is 17.3 Å². The molecule has 6 nitrogen and oxygen atoms in total. The summed E-state index contributed by atoms with van der Waals surface area (Å²) in [6.45, 7) is 0. The number of aromatic amines is 1. The molecule has 0 amide bonds. The first-order chi connectivity index (χ1) is 11.1. The van der Waals surface area contributed by atoms with Crippen molar-refractivity contribution in [1.82, 2.24) is 4.98 Å². The van der Waals surface area contributed by atoms with Crippen molar-refractivity contribution in [2.75, 3.05) is 20.0 Å². The van der Waals surface area contributed by atoms with Gasteiger partial charge in [0.1, 0.15) is 0 Å². The first kappa shape index (κ1) is 14.8. The average Bonchev–Trinajstić information content (AvgIpc) is 2.57. The van der Waals surface area contributed by atoms with Crippen molar-refractivity contribution in [3.05, 3.63) is 46.6 Å². The Balaban J connectivity index is 2.37. The van der Waals surface area contributed by atoms with Crippen LogP contribution >= 0.6 is 0 Å². The summed E-state index contributed by atoms with van der Waals surface area (Å²) in [5.41, 5.74) is 7.24. The molecule has 3 rings (SSSR count). The average molecular weight is 312 g/mol. The molecule has 0 radical (unpaired) electrons. The second kappa shape index (κ2) is 5.57. The molecule has 0 aliphatic carbocycles. The highest BCUT2D eigenvalue weighted by Gasteiger charge is 2.16. The molecule has 0 saturated heterocycles. The molecule has 0 spiro atoms. The van der Waals surface area contributed by atoms with Crippen LogP contribution in [-0.4, -0.2) is 24.3 Å². The zero-order chi connectivity index (χ0) is 16.6. The Morgan fingerprint density at radius 3 is 2.39 bits per heavy atom. The Morgan fingerprint density at radius 1 is 1.09 bits per heavy atom. The van der Waals surface area contributed by atoms with Gasteiger partial charge in [0.05, 0.1) is 30.8 Å². The molecule has 0 saturated carbocycles. The Labute approximate surface area is 132 Å². The zero-order valence-corrected chi connectivity index (χ0v) is 12.7. The molecule has 0 aliphatic heterocycles. The SMILES string of the molecule is COc1cc2[nH]c(-c3ccccc3N)c(O)c(=O)c2cc1OC.